The van der Waals surface area contributed by atoms with Crippen molar-refractivity contribution in [3.05, 3.63) is 24.7 Å². The Hall–Kier alpha value is -1.45. The number of hydrogen-bond donors (Lipinski definition) is 0. The zero-order chi connectivity index (χ0) is 11.7. The minimum atomic E-state index is -0.470. The van der Waals surface area contributed by atoms with Crippen molar-refractivity contribution in [1.29, 1.82) is 0 Å². The van der Waals surface area contributed by atoms with Crippen molar-refractivity contribution in [2.75, 3.05) is 20.3 Å². The largest absolute Gasteiger partial charge is 0.498 e. The number of ether oxygens (including phenoxy) is 3. The predicted octanol–water partition coefficient (Wildman–Crippen LogP) is 1.88. The quantitative estimate of drug-likeness (QED) is 0.281. The van der Waals surface area contributed by atoms with Crippen LogP contribution in [0.15, 0.2) is 24.7 Å². The van der Waals surface area contributed by atoms with Gasteiger partial charge < -0.3 is 14.2 Å². The Bertz CT molecular complexity index is 231. The molecule has 0 bridgehead atoms. The molecule has 4 nitrogen and oxygen atoms in total. The Labute approximate surface area is 90.5 Å². The molecule has 15 heavy (non-hydrogen) atoms. The summed E-state index contributed by atoms with van der Waals surface area (Å²) in [5, 5.41) is 0. The molecule has 0 aromatic carbocycles. The van der Waals surface area contributed by atoms with Crippen molar-refractivity contribution in [2.24, 2.45) is 5.92 Å². The van der Waals surface area contributed by atoms with Crippen molar-refractivity contribution in [2.45, 2.75) is 13.8 Å². The fraction of sp³-hybridized carbons (Fsp3) is 0.545. The van der Waals surface area contributed by atoms with Gasteiger partial charge in [0, 0.05) is 0 Å². The lowest BCUT2D eigenvalue weighted by Crippen LogP contribution is -2.12. The number of methoxy groups -OCH3 is 1. The fourth-order valence-electron chi connectivity index (χ4n) is 0.861. The van der Waals surface area contributed by atoms with Crippen molar-refractivity contribution >= 4 is 5.97 Å². The molecule has 0 heterocycles. The Balaban J connectivity index is 4.14. The minimum absolute atomic E-state index is 0.222. The maximum atomic E-state index is 11.2. The third-order valence-corrected chi connectivity index (χ3v) is 1.45. The summed E-state index contributed by atoms with van der Waals surface area (Å²) in [6.07, 6.45) is 3.03. The van der Waals surface area contributed by atoms with Crippen LogP contribution >= 0.6 is 0 Å². The van der Waals surface area contributed by atoms with Crippen molar-refractivity contribution in [1.82, 2.24) is 0 Å². The van der Waals surface area contributed by atoms with Gasteiger partial charge in [0.2, 0.25) is 5.76 Å². The first-order valence-electron chi connectivity index (χ1n) is 4.77. The first kappa shape index (κ1) is 13.5. The normalized spacial score (nSPS) is 11.1. The molecule has 0 fully saturated rings. The van der Waals surface area contributed by atoms with Crippen LogP contribution in [0.3, 0.4) is 0 Å². The van der Waals surface area contributed by atoms with Crippen LogP contribution in [0.1, 0.15) is 13.8 Å². The molecule has 0 saturated carbocycles. The lowest BCUT2D eigenvalue weighted by Gasteiger charge is -2.09. The molecule has 0 rings (SSSR count). The van der Waals surface area contributed by atoms with Gasteiger partial charge >= 0.3 is 5.97 Å². The number of carbonyl (C=O) groups excluding carboxylic acids is 1. The second-order valence-corrected chi connectivity index (χ2v) is 3.15. The molecular weight excluding hydrogens is 196 g/mol. The van der Waals surface area contributed by atoms with Gasteiger partial charge in [-0.1, -0.05) is 20.4 Å². The lowest BCUT2D eigenvalue weighted by atomic mass is 10.2. The molecule has 0 aliphatic carbocycles. The van der Waals surface area contributed by atoms with E-state index in [9.17, 15) is 4.79 Å². The summed E-state index contributed by atoms with van der Waals surface area (Å²) in [6, 6.07) is 0. The van der Waals surface area contributed by atoms with E-state index in [0.29, 0.717) is 13.2 Å². The van der Waals surface area contributed by atoms with Gasteiger partial charge in [0.25, 0.3) is 0 Å². The van der Waals surface area contributed by atoms with E-state index in [1.807, 2.05) is 13.8 Å². The van der Waals surface area contributed by atoms with Gasteiger partial charge in [-0.3, -0.25) is 0 Å². The third-order valence-electron chi connectivity index (χ3n) is 1.45. The molecule has 0 aliphatic heterocycles. The highest BCUT2D eigenvalue weighted by atomic mass is 16.6. The van der Waals surface area contributed by atoms with Gasteiger partial charge in [-0.15, -0.1) is 0 Å². The summed E-state index contributed by atoms with van der Waals surface area (Å²) >= 11 is 0. The minimum Gasteiger partial charge on any atom is -0.498 e. The monoisotopic (exact) mass is 214 g/mol. The van der Waals surface area contributed by atoms with E-state index in [4.69, 9.17) is 9.47 Å². The third kappa shape index (κ3) is 6.60. The Morgan fingerprint density at radius 3 is 2.53 bits per heavy atom. The average Bonchev–Trinajstić information content (AvgIpc) is 2.21. The number of esters is 1. The molecule has 0 aromatic heterocycles. The average molecular weight is 214 g/mol. The molecule has 86 valence electrons. The van der Waals surface area contributed by atoms with E-state index in [-0.39, 0.29) is 11.7 Å². The van der Waals surface area contributed by atoms with Crippen molar-refractivity contribution < 1.29 is 19.0 Å². The summed E-state index contributed by atoms with van der Waals surface area (Å²) in [4.78, 5) is 11.2. The van der Waals surface area contributed by atoms with Gasteiger partial charge in [-0.05, 0) is 12.0 Å². The lowest BCUT2D eigenvalue weighted by molar-refractivity contribution is -0.140. The van der Waals surface area contributed by atoms with Crippen molar-refractivity contribution in [3.8, 4) is 0 Å². The van der Waals surface area contributed by atoms with Crippen LogP contribution in [0, 0.1) is 5.92 Å². The van der Waals surface area contributed by atoms with E-state index in [2.05, 4.69) is 11.3 Å². The van der Waals surface area contributed by atoms with E-state index >= 15 is 0 Å². The summed E-state index contributed by atoms with van der Waals surface area (Å²) in [5.41, 5.74) is 0. The van der Waals surface area contributed by atoms with Crippen LogP contribution in [0.25, 0.3) is 0 Å². The molecule has 0 spiro atoms. The SMILES string of the molecule is C=COCCOC(=CC(C)C)C(=O)OC. The number of rotatable bonds is 7. The van der Waals surface area contributed by atoms with Crippen LogP contribution in [-0.2, 0) is 19.0 Å². The molecule has 0 radical (unpaired) electrons. The van der Waals surface area contributed by atoms with Gasteiger partial charge in [-0.25, -0.2) is 4.79 Å². The first-order chi connectivity index (χ1) is 7.11. The second kappa shape index (κ2) is 7.91. The Kier molecular flexibility index (Phi) is 7.14. The maximum Gasteiger partial charge on any atom is 0.372 e. The molecule has 0 unspecified atom stereocenters. The van der Waals surface area contributed by atoms with Crippen LogP contribution < -0.4 is 0 Å². The number of allylic oxidation sites excluding steroid dienone is 1. The zero-order valence-electron chi connectivity index (χ0n) is 9.49. The molecule has 4 heteroatoms. The predicted molar refractivity (Wildman–Crippen MR) is 57.0 cm³/mol. The Morgan fingerprint density at radius 2 is 2.07 bits per heavy atom. The first-order valence-corrected chi connectivity index (χ1v) is 4.77. The highest BCUT2D eigenvalue weighted by molar-refractivity contribution is 5.86. The van der Waals surface area contributed by atoms with Crippen LogP contribution in [-0.4, -0.2) is 26.3 Å². The molecule has 0 saturated heterocycles. The Morgan fingerprint density at radius 1 is 1.40 bits per heavy atom. The van der Waals surface area contributed by atoms with Crippen molar-refractivity contribution in [3.63, 3.8) is 0 Å². The molecule has 0 aliphatic rings. The summed E-state index contributed by atoms with van der Waals surface area (Å²) in [5.74, 6) is -0.0260. The van der Waals surface area contributed by atoms with Crippen LogP contribution in [0.2, 0.25) is 0 Å². The topological polar surface area (TPSA) is 44.8 Å². The molecule has 0 N–H and O–H groups in total. The maximum absolute atomic E-state index is 11.2. The van der Waals surface area contributed by atoms with Gasteiger partial charge in [0.15, 0.2) is 0 Å². The highest BCUT2D eigenvalue weighted by Crippen LogP contribution is 2.06. The van der Waals surface area contributed by atoms with E-state index in [0.717, 1.165) is 0 Å². The van der Waals surface area contributed by atoms with E-state index in [1.54, 1.807) is 6.08 Å². The summed E-state index contributed by atoms with van der Waals surface area (Å²) < 4.78 is 14.7. The summed E-state index contributed by atoms with van der Waals surface area (Å²) in [6.45, 7) is 7.94. The smallest absolute Gasteiger partial charge is 0.372 e. The van der Waals surface area contributed by atoms with Crippen LogP contribution in [0.5, 0.6) is 0 Å². The van der Waals surface area contributed by atoms with Crippen LogP contribution in [0.4, 0.5) is 0 Å². The zero-order valence-corrected chi connectivity index (χ0v) is 9.49. The fourth-order valence-corrected chi connectivity index (χ4v) is 0.861. The number of carbonyl (C=O) groups is 1. The standard InChI is InChI=1S/C11H18O4/c1-5-14-6-7-15-10(8-9(2)3)11(12)13-4/h5,8-9H,1,6-7H2,2-4H3. The van der Waals surface area contributed by atoms with E-state index in [1.165, 1.54) is 13.4 Å². The number of hydrogen-bond acceptors (Lipinski definition) is 4. The molecule has 0 amide bonds. The van der Waals surface area contributed by atoms with Gasteiger partial charge in [0.05, 0.1) is 13.4 Å². The van der Waals surface area contributed by atoms with E-state index < -0.39 is 5.97 Å². The summed E-state index contributed by atoms with van der Waals surface area (Å²) in [7, 11) is 1.32. The highest BCUT2D eigenvalue weighted by Gasteiger charge is 2.11. The second-order valence-electron chi connectivity index (χ2n) is 3.15. The molecule has 0 atom stereocenters. The van der Waals surface area contributed by atoms with Gasteiger partial charge in [-0.2, -0.15) is 0 Å². The molecular formula is C11H18O4. The van der Waals surface area contributed by atoms with Gasteiger partial charge in [0.1, 0.15) is 13.2 Å². The molecule has 0 aromatic rings.